The summed E-state index contributed by atoms with van der Waals surface area (Å²) >= 11 is 6.16. The van der Waals surface area contributed by atoms with Crippen molar-refractivity contribution in [2.75, 3.05) is 17.9 Å². The van der Waals surface area contributed by atoms with Crippen molar-refractivity contribution in [3.05, 3.63) is 53.3 Å². The molecular formula is C19H22ClN5O9P2. The number of pyridine rings is 1. The van der Waals surface area contributed by atoms with Crippen LogP contribution in [0.1, 0.15) is 11.8 Å². The van der Waals surface area contributed by atoms with Crippen molar-refractivity contribution in [3.63, 3.8) is 0 Å². The molecule has 0 saturated carbocycles. The molecule has 36 heavy (non-hydrogen) atoms. The molecule has 0 amide bonds. The molecule has 0 bridgehead atoms. The highest BCUT2D eigenvalue weighted by molar-refractivity contribution is 7.70. The van der Waals surface area contributed by atoms with Gasteiger partial charge in [-0.3, -0.25) is 14.6 Å². The summed E-state index contributed by atoms with van der Waals surface area (Å²) in [5.41, 5.74) is 4.36. The summed E-state index contributed by atoms with van der Waals surface area (Å²) in [5, 5.41) is 29.8. The Morgan fingerprint density at radius 1 is 1.19 bits per heavy atom. The van der Waals surface area contributed by atoms with Gasteiger partial charge in [-0.1, -0.05) is 41.9 Å². The lowest BCUT2D eigenvalue weighted by atomic mass is 10.1. The van der Waals surface area contributed by atoms with Gasteiger partial charge in [0, 0.05) is 6.07 Å². The monoisotopic (exact) mass is 561 g/mol. The van der Waals surface area contributed by atoms with Gasteiger partial charge in [0.1, 0.15) is 23.5 Å². The number of benzene rings is 1. The lowest BCUT2D eigenvalue weighted by molar-refractivity contribution is -0.0541. The standard InChI is InChI=1S/C19H22ClN5O9P2/c20-15-6-13(24-21-7-11-4-2-1-3-5-11)12-8-22-25(18(12)23-15)19-17(27)16(26)14(34-19)9-33-36(31,32)10-35(28,29)30/h1-8,14,16-17,19,26-27H,9-10H2,(H,23,24)(H,31,32)(H2,28,29,30)/b21-7+/t14-,16-,17-,19-/m1/s1. The average Bonchev–Trinajstić information content (AvgIpc) is 3.32. The lowest BCUT2D eigenvalue weighted by Gasteiger charge is -2.18. The summed E-state index contributed by atoms with van der Waals surface area (Å²) in [6, 6.07) is 10.9. The molecule has 194 valence electrons. The fourth-order valence-corrected chi connectivity index (χ4v) is 6.27. The van der Waals surface area contributed by atoms with Crippen LogP contribution in [0.2, 0.25) is 5.15 Å². The van der Waals surface area contributed by atoms with Crippen molar-refractivity contribution in [1.29, 1.82) is 0 Å². The maximum atomic E-state index is 11.9. The van der Waals surface area contributed by atoms with E-state index in [2.05, 4.69) is 20.6 Å². The van der Waals surface area contributed by atoms with E-state index in [1.807, 2.05) is 30.3 Å². The van der Waals surface area contributed by atoms with E-state index in [-0.39, 0.29) is 10.8 Å². The van der Waals surface area contributed by atoms with Crippen LogP contribution in [0, 0.1) is 0 Å². The summed E-state index contributed by atoms with van der Waals surface area (Å²) in [6.45, 7) is -0.725. The van der Waals surface area contributed by atoms with Crippen molar-refractivity contribution in [2.24, 2.45) is 5.10 Å². The molecule has 1 fully saturated rings. The molecule has 1 aliphatic heterocycles. The smallest absolute Gasteiger partial charge is 0.340 e. The number of anilines is 1. The summed E-state index contributed by atoms with van der Waals surface area (Å²) in [4.78, 5) is 31.7. The minimum atomic E-state index is -4.83. The predicted octanol–water partition coefficient (Wildman–Crippen LogP) is 1.49. The van der Waals surface area contributed by atoms with Crippen molar-refractivity contribution in [1.82, 2.24) is 14.8 Å². The molecule has 14 nitrogen and oxygen atoms in total. The molecule has 17 heteroatoms. The molecule has 0 radical (unpaired) electrons. The Morgan fingerprint density at radius 2 is 1.92 bits per heavy atom. The van der Waals surface area contributed by atoms with E-state index in [0.717, 1.165) is 5.56 Å². The van der Waals surface area contributed by atoms with Crippen molar-refractivity contribution in [2.45, 2.75) is 24.5 Å². The highest BCUT2D eigenvalue weighted by Gasteiger charge is 2.46. The molecular weight excluding hydrogens is 540 g/mol. The summed E-state index contributed by atoms with van der Waals surface area (Å²) in [6.07, 6.45) is -2.69. The van der Waals surface area contributed by atoms with Gasteiger partial charge in [0.05, 0.1) is 30.1 Å². The van der Waals surface area contributed by atoms with Crippen LogP contribution >= 0.6 is 26.8 Å². The topological polar surface area (TPSA) is 209 Å². The van der Waals surface area contributed by atoms with Gasteiger partial charge in [0.25, 0.3) is 0 Å². The SMILES string of the molecule is O=P(O)(O)CP(=O)(O)OC[C@H]1O[C@@H](n2ncc3c(N/N=C/c4ccccc4)cc(Cl)nc32)[C@H](O)[C@@H]1O. The van der Waals surface area contributed by atoms with Gasteiger partial charge in [-0.15, -0.1) is 0 Å². The molecule has 4 rings (SSSR count). The van der Waals surface area contributed by atoms with Gasteiger partial charge in [-0.05, 0) is 5.56 Å². The Bertz CT molecular complexity index is 1350. The Kier molecular flexibility index (Phi) is 7.93. The van der Waals surface area contributed by atoms with Gasteiger partial charge in [0.15, 0.2) is 17.8 Å². The maximum Gasteiger partial charge on any atom is 0.340 e. The Hall–Kier alpha value is -2.22. The molecule has 6 N–H and O–H groups in total. The fourth-order valence-electron chi connectivity index (χ4n) is 3.51. The highest BCUT2D eigenvalue weighted by Crippen LogP contribution is 2.55. The predicted molar refractivity (Wildman–Crippen MR) is 129 cm³/mol. The zero-order valence-corrected chi connectivity index (χ0v) is 20.8. The van der Waals surface area contributed by atoms with E-state index in [1.54, 1.807) is 6.21 Å². The van der Waals surface area contributed by atoms with Crippen molar-refractivity contribution in [3.8, 4) is 0 Å². The third kappa shape index (κ3) is 6.36. The van der Waals surface area contributed by atoms with Crippen molar-refractivity contribution >= 4 is 49.7 Å². The third-order valence-electron chi connectivity index (χ3n) is 5.12. The summed E-state index contributed by atoms with van der Waals surface area (Å²) in [7, 11) is -9.52. The molecule has 3 heterocycles. The molecule has 3 aromatic rings. The van der Waals surface area contributed by atoms with Crippen LogP contribution in [0.5, 0.6) is 0 Å². The van der Waals surface area contributed by atoms with Crippen LogP contribution in [-0.4, -0.2) is 76.7 Å². The van der Waals surface area contributed by atoms with E-state index in [9.17, 15) is 24.2 Å². The summed E-state index contributed by atoms with van der Waals surface area (Å²) < 4.78 is 34.4. The number of aliphatic hydroxyl groups excluding tert-OH is 2. The van der Waals surface area contributed by atoms with E-state index >= 15 is 0 Å². The van der Waals surface area contributed by atoms with Crippen LogP contribution in [0.25, 0.3) is 11.0 Å². The van der Waals surface area contributed by atoms with Gasteiger partial charge in [0.2, 0.25) is 0 Å². The first-order valence-electron chi connectivity index (χ1n) is 10.3. The summed E-state index contributed by atoms with van der Waals surface area (Å²) in [5.74, 6) is -1.40. The quantitative estimate of drug-likeness (QED) is 0.0950. The van der Waals surface area contributed by atoms with E-state index in [4.69, 9.17) is 30.6 Å². The highest BCUT2D eigenvalue weighted by atomic mass is 35.5. The number of rotatable bonds is 9. The Labute approximate surface area is 208 Å². The molecule has 5 atom stereocenters. The fraction of sp³-hybridized carbons (Fsp3) is 0.316. The van der Waals surface area contributed by atoms with Crippen LogP contribution in [-0.2, 0) is 18.4 Å². The van der Waals surface area contributed by atoms with Crippen LogP contribution < -0.4 is 5.43 Å². The number of aliphatic hydroxyl groups is 2. The van der Waals surface area contributed by atoms with E-state index in [1.165, 1.54) is 16.9 Å². The lowest BCUT2D eigenvalue weighted by Crippen LogP contribution is -2.33. The van der Waals surface area contributed by atoms with Crippen molar-refractivity contribution < 1.29 is 43.3 Å². The largest absolute Gasteiger partial charge is 0.387 e. The van der Waals surface area contributed by atoms with Gasteiger partial charge in [-0.2, -0.15) is 10.2 Å². The average molecular weight is 562 g/mol. The van der Waals surface area contributed by atoms with E-state index in [0.29, 0.717) is 11.1 Å². The van der Waals surface area contributed by atoms with Gasteiger partial charge in [-0.25, -0.2) is 9.67 Å². The van der Waals surface area contributed by atoms with Crippen LogP contribution in [0.3, 0.4) is 0 Å². The van der Waals surface area contributed by atoms with Gasteiger partial charge >= 0.3 is 15.2 Å². The minimum absolute atomic E-state index is 0.0771. The second kappa shape index (κ2) is 10.6. The molecule has 1 aliphatic rings. The Morgan fingerprint density at radius 3 is 2.61 bits per heavy atom. The number of nitrogens with one attached hydrogen (secondary N) is 1. The second-order valence-corrected chi connectivity index (χ2v) is 12.3. The van der Waals surface area contributed by atoms with Gasteiger partial charge < -0.3 is 34.2 Å². The first-order valence-corrected chi connectivity index (χ1v) is 14.3. The van der Waals surface area contributed by atoms with Crippen LogP contribution in [0.4, 0.5) is 5.69 Å². The first kappa shape index (κ1) is 26.8. The normalized spacial score (nSPS) is 24.4. The number of hydrogen-bond donors (Lipinski definition) is 6. The zero-order valence-electron chi connectivity index (χ0n) is 18.3. The number of aromatic nitrogens is 3. The van der Waals surface area contributed by atoms with E-state index < -0.39 is 52.2 Å². The third-order valence-corrected chi connectivity index (χ3v) is 8.77. The molecule has 0 aliphatic carbocycles. The maximum absolute atomic E-state index is 11.9. The second-order valence-electron chi connectivity index (χ2n) is 7.89. The molecule has 0 spiro atoms. The number of halogens is 1. The molecule has 2 aromatic heterocycles. The minimum Gasteiger partial charge on any atom is -0.387 e. The number of hydrazone groups is 1. The number of fused-ring (bicyclic) bond motifs is 1. The molecule has 1 saturated heterocycles. The molecule has 1 aromatic carbocycles. The number of hydrogen-bond acceptors (Lipinski definition) is 10. The Balaban J connectivity index is 1.52. The molecule has 1 unspecified atom stereocenters. The first-order chi connectivity index (χ1) is 16.9. The number of ether oxygens (including phenoxy) is 1. The number of nitrogens with zero attached hydrogens (tertiary/aromatic N) is 4. The zero-order chi connectivity index (χ0) is 26.1. The van der Waals surface area contributed by atoms with Crippen LogP contribution in [0.15, 0.2) is 47.7 Å².